The number of nitrogens with one attached hydrogen (secondary N) is 2. The lowest BCUT2D eigenvalue weighted by Gasteiger charge is -2.31. The lowest BCUT2D eigenvalue weighted by atomic mass is 9.82. The number of halogens is 1. The highest BCUT2D eigenvalue weighted by atomic mass is 35.5. The highest BCUT2D eigenvalue weighted by Crippen LogP contribution is 2.33. The van der Waals surface area contributed by atoms with Gasteiger partial charge in [0.05, 0.1) is 28.8 Å². The van der Waals surface area contributed by atoms with E-state index in [4.69, 9.17) is 26.1 Å². The van der Waals surface area contributed by atoms with Gasteiger partial charge in [0.25, 0.3) is 0 Å². The van der Waals surface area contributed by atoms with Crippen molar-refractivity contribution in [3.05, 3.63) is 41.2 Å². The van der Waals surface area contributed by atoms with Gasteiger partial charge in [0.15, 0.2) is 0 Å². The van der Waals surface area contributed by atoms with Crippen LogP contribution in [0.3, 0.4) is 0 Å². The van der Waals surface area contributed by atoms with Gasteiger partial charge >= 0.3 is 0 Å². The molecule has 0 aromatic carbocycles. The summed E-state index contributed by atoms with van der Waals surface area (Å²) in [5.74, 6) is 1.40. The average Bonchev–Trinajstić information content (AvgIpc) is 3.43. The summed E-state index contributed by atoms with van der Waals surface area (Å²) in [6.07, 6.45) is 10.2. The van der Waals surface area contributed by atoms with Gasteiger partial charge in [0.1, 0.15) is 5.82 Å². The monoisotopic (exact) mass is 509 g/mol. The van der Waals surface area contributed by atoms with Gasteiger partial charge < -0.3 is 20.1 Å². The maximum atomic E-state index is 9.73. The van der Waals surface area contributed by atoms with Crippen molar-refractivity contribution in [3.8, 4) is 17.3 Å². The zero-order valence-electron chi connectivity index (χ0n) is 20.8. The molecule has 0 radical (unpaired) electrons. The smallest absolute Gasteiger partial charge is 0.126 e. The van der Waals surface area contributed by atoms with Gasteiger partial charge in [-0.25, -0.2) is 4.98 Å². The number of hydrogen-bond acceptors (Lipinski definition) is 7. The fourth-order valence-electron chi connectivity index (χ4n) is 5.65. The summed E-state index contributed by atoms with van der Waals surface area (Å²) < 4.78 is 10.9. The maximum Gasteiger partial charge on any atom is 0.126 e. The van der Waals surface area contributed by atoms with Crippen LogP contribution >= 0.6 is 11.6 Å². The summed E-state index contributed by atoms with van der Waals surface area (Å²) in [4.78, 5) is 9.46. The van der Waals surface area contributed by atoms with Crippen molar-refractivity contribution in [1.82, 2.24) is 15.3 Å². The quantitative estimate of drug-likeness (QED) is 0.516. The standard InChI is InChI=1S/C28H36ClN5O2/c29-25-16-31-23(14-20-4-6-21(7-5-20)33-22-8-11-36-17-22)15-24(25)26-2-1-3-27(34-26)32-19-28(18-30)9-12-35-13-10-28/h1-3,15-16,20-22,33H,4-14,17,19H2,(H,32,34)/t20?,21?,22-/m1/s1. The van der Waals surface area contributed by atoms with E-state index in [-0.39, 0.29) is 0 Å². The van der Waals surface area contributed by atoms with Crippen LogP contribution in [0.5, 0.6) is 0 Å². The van der Waals surface area contributed by atoms with E-state index >= 15 is 0 Å². The Morgan fingerprint density at radius 2 is 1.89 bits per heavy atom. The van der Waals surface area contributed by atoms with Crippen LogP contribution in [-0.4, -0.2) is 55.0 Å². The summed E-state index contributed by atoms with van der Waals surface area (Å²) in [5, 5.41) is 17.5. The molecular weight excluding hydrogens is 474 g/mol. The molecule has 0 amide bonds. The fourth-order valence-corrected chi connectivity index (χ4v) is 5.85. The highest BCUT2D eigenvalue weighted by molar-refractivity contribution is 6.33. The Morgan fingerprint density at radius 3 is 2.64 bits per heavy atom. The van der Waals surface area contributed by atoms with E-state index < -0.39 is 5.41 Å². The van der Waals surface area contributed by atoms with Crippen LogP contribution in [-0.2, 0) is 15.9 Å². The first-order chi connectivity index (χ1) is 17.6. The zero-order valence-corrected chi connectivity index (χ0v) is 21.6. The second kappa shape index (κ2) is 11.9. The first-order valence-electron chi connectivity index (χ1n) is 13.3. The van der Waals surface area contributed by atoms with Gasteiger partial charge in [-0.3, -0.25) is 4.98 Å². The molecule has 4 heterocycles. The summed E-state index contributed by atoms with van der Waals surface area (Å²) in [5.41, 5.74) is 2.39. The molecule has 7 nitrogen and oxygen atoms in total. The molecule has 0 bridgehead atoms. The van der Waals surface area contributed by atoms with Crippen LogP contribution in [0.4, 0.5) is 5.82 Å². The van der Waals surface area contributed by atoms with Gasteiger partial charge in [-0.1, -0.05) is 17.7 Å². The summed E-state index contributed by atoms with van der Waals surface area (Å²) in [6.45, 7) is 3.57. The van der Waals surface area contributed by atoms with Gasteiger partial charge in [-0.2, -0.15) is 5.26 Å². The van der Waals surface area contributed by atoms with E-state index in [0.717, 1.165) is 61.7 Å². The minimum Gasteiger partial charge on any atom is -0.381 e. The molecule has 3 aliphatic rings. The van der Waals surface area contributed by atoms with Crippen LogP contribution in [0.25, 0.3) is 11.3 Å². The van der Waals surface area contributed by atoms with E-state index in [9.17, 15) is 5.26 Å². The number of rotatable bonds is 8. The van der Waals surface area contributed by atoms with Crippen molar-refractivity contribution in [2.45, 2.75) is 63.5 Å². The minimum atomic E-state index is -0.406. The topological polar surface area (TPSA) is 92.1 Å². The molecule has 36 heavy (non-hydrogen) atoms. The average molecular weight is 510 g/mol. The predicted octanol–water partition coefficient (Wildman–Crippen LogP) is 5.01. The van der Waals surface area contributed by atoms with Crippen molar-refractivity contribution in [2.24, 2.45) is 11.3 Å². The third kappa shape index (κ3) is 6.36. The molecule has 3 fully saturated rings. The van der Waals surface area contributed by atoms with E-state index in [1.807, 2.05) is 18.2 Å². The zero-order chi connectivity index (χ0) is 24.8. The van der Waals surface area contributed by atoms with Crippen LogP contribution in [0.2, 0.25) is 5.02 Å². The highest BCUT2D eigenvalue weighted by Gasteiger charge is 2.32. The van der Waals surface area contributed by atoms with Crippen molar-refractivity contribution >= 4 is 17.4 Å². The molecular formula is C28H36ClN5O2. The molecule has 2 aromatic rings. The first-order valence-corrected chi connectivity index (χ1v) is 13.7. The Hall–Kier alpha value is -2.24. The molecule has 5 rings (SSSR count). The number of anilines is 1. The lowest BCUT2D eigenvalue weighted by Crippen LogP contribution is -2.41. The number of nitrogens with zero attached hydrogens (tertiary/aromatic N) is 3. The normalized spacial score (nSPS) is 25.8. The minimum absolute atomic E-state index is 0.406. The fraction of sp³-hybridized carbons (Fsp3) is 0.607. The molecule has 192 valence electrons. The predicted molar refractivity (Wildman–Crippen MR) is 141 cm³/mol. The largest absolute Gasteiger partial charge is 0.381 e. The second-order valence-electron chi connectivity index (χ2n) is 10.6. The molecule has 8 heteroatoms. The van der Waals surface area contributed by atoms with Crippen molar-refractivity contribution in [3.63, 3.8) is 0 Å². The number of ether oxygens (including phenoxy) is 2. The summed E-state index contributed by atoms with van der Waals surface area (Å²) >= 11 is 6.57. The van der Waals surface area contributed by atoms with Crippen LogP contribution in [0.15, 0.2) is 30.5 Å². The van der Waals surface area contributed by atoms with Crippen molar-refractivity contribution in [2.75, 3.05) is 38.3 Å². The number of hydrogen-bond donors (Lipinski definition) is 2. The first kappa shape index (κ1) is 25.4. The lowest BCUT2D eigenvalue weighted by molar-refractivity contribution is 0.0455. The molecule has 1 atom stereocenters. The molecule has 1 saturated carbocycles. The van der Waals surface area contributed by atoms with Crippen LogP contribution in [0, 0.1) is 22.7 Å². The molecule has 1 aliphatic carbocycles. The molecule has 2 saturated heterocycles. The summed E-state index contributed by atoms with van der Waals surface area (Å²) in [6, 6.07) is 11.6. The third-order valence-electron chi connectivity index (χ3n) is 7.98. The van der Waals surface area contributed by atoms with Crippen molar-refractivity contribution < 1.29 is 9.47 Å². The van der Waals surface area contributed by atoms with Gasteiger partial charge in [-0.05, 0) is 75.5 Å². The SMILES string of the molecule is N#CC1(CNc2cccc(-c3cc(CC4CCC(N[C@@H]5CCOC5)CC4)ncc3Cl)n2)CCOCC1. The molecule has 2 aromatic heterocycles. The van der Waals surface area contributed by atoms with Crippen LogP contribution < -0.4 is 10.6 Å². The van der Waals surface area contributed by atoms with E-state index in [1.54, 1.807) is 6.20 Å². The Morgan fingerprint density at radius 1 is 1.06 bits per heavy atom. The number of aromatic nitrogens is 2. The van der Waals surface area contributed by atoms with Gasteiger partial charge in [-0.15, -0.1) is 0 Å². The Labute approximate surface area is 219 Å². The van der Waals surface area contributed by atoms with E-state index in [2.05, 4.69) is 27.8 Å². The van der Waals surface area contributed by atoms with Crippen molar-refractivity contribution in [1.29, 1.82) is 5.26 Å². The molecule has 2 aliphatic heterocycles. The van der Waals surface area contributed by atoms with Crippen LogP contribution in [0.1, 0.15) is 50.6 Å². The molecule has 0 unspecified atom stereocenters. The number of nitriles is 1. The van der Waals surface area contributed by atoms with Gasteiger partial charge in [0.2, 0.25) is 0 Å². The Bertz CT molecular complexity index is 1050. The van der Waals surface area contributed by atoms with E-state index in [0.29, 0.717) is 42.8 Å². The van der Waals surface area contributed by atoms with E-state index in [1.165, 1.54) is 25.7 Å². The summed E-state index contributed by atoms with van der Waals surface area (Å²) in [7, 11) is 0. The second-order valence-corrected chi connectivity index (χ2v) is 11.0. The maximum absolute atomic E-state index is 9.73. The molecule has 0 spiro atoms. The van der Waals surface area contributed by atoms with Gasteiger partial charge in [0, 0.05) is 55.9 Å². The number of pyridine rings is 2. The third-order valence-corrected chi connectivity index (χ3v) is 8.28. The Kier molecular flexibility index (Phi) is 8.38. The Balaban J connectivity index is 1.20. The molecule has 2 N–H and O–H groups in total.